The SMILES string of the molecule is CCCCN(C(=O)N(CC(N)=O)CC(=O)O)C(C)CC. The summed E-state index contributed by atoms with van der Waals surface area (Å²) in [6.07, 6.45) is 2.51. The maximum atomic E-state index is 12.4. The zero-order valence-corrected chi connectivity index (χ0v) is 12.5. The molecular weight excluding hydrogens is 262 g/mol. The van der Waals surface area contributed by atoms with E-state index in [0.29, 0.717) is 6.54 Å². The number of carboxylic acid groups (broad SMARTS) is 1. The highest BCUT2D eigenvalue weighted by Crippen LogP contribution is 2.10. The molecule has 7 nitrogen and oxygen atoms in total. The Labute approximate surface area is 119 Å². The van der Waals surface area contributed by atoms with E-state index in [1.54, 1.807) is 4.90 Å². The number of nitrogens with zero attached hydrogens (tertiary/aromatic N) is 2. The van der Waals surface area contributed by atoms with Crippen LogP contribution in [0.1, 0.15) is 40.0 Å². The fourth-order valence-electron chi connectivity index (χ4n) is 1.78. The molecule has 0 aliphatic rings. The van der Waals surface area contributed by atoms with Gasteiger partial charge in [0.1, 0.15) is 13.1 Å². The van der Waals surface area contributed by atoms with Gasteiger partial charge in [0, 0.05) is 12.6 Å². The van der Waals surface area contributed by atoms with Crippen molar-refractivity contribution in [3.8, 4) is 0 Å². The van der Waals surface area contributed by atoms with Crippen molar-refractivity contribution >= 4 is 17.9 Å². The molecule has 116 valence electrons. The van der Waals surface area contributed by atoms with Crippen molar-refractivity contribution in [1.29, 1.82) is 0 Å². The van der Waals surface area contributed by atoms with Gasteiger partial charge in [0.05, 0.1) is 0 Å². The van der Waals surface area contributed by atoms with Crippen molar-refractivity contribution in [1.82, 2.24) is 9.80 Å². The summed E-state index contributed by atoms with van der Waals surface area (Å²) >= 11 is 0. The third-order valence-corrected chi connectivity index (χ3v) is 3.06. The Bertz CT molecular complexity index is 331. The smallest absolute Gasteiger partial charge is 0.323 e. The van der Waals surface area contributed by atoms with Crippen LogP contribution in [-0.4, -0.2) is 58.5 Å². The van der Waals surface area contributed by atoms with Crippen LogP contribution in [0.25, 0.3) is 0 Å². The second kappa shape index (κ2) is 9.17. The highest BCUT2D eigenvalue weighted by Gasteiger charge is 2.26. The van der Waals surface area contributed by atoms with Crippen molar-refractivity contribution < 1.29 is 19.5 Å². The Hall–Kier alpha value is -1.79. The lowest BCUT2D eigenvalue weighted by molar-refractivity contribution is -0.138. The molecule has 0 radical (unpaired) electrons. The number of urea groups is 1. The summed E-state index contributed by atoms with van der Waals surface area (Å²) in [5, 5.41) is 8.83. The molecule has 0 heterocycles. The van der Waals surface area contributed by atoms with E-state index < -0.39 is 24.5 Å². The molecule has 0 spiro atoms. The van der Waals surface area contributed by atoms with Crippen LogP contribution in [-0.2, 0) is 9.59 Å². The molecule has 20 heavy (non-hydrogen) atoms. The topological polar surface area (TPSA) is 104 Å². The molecule has 7 heteroatoms. The van der Waals surface area contributed by atoms with Crippen LogP contribution in [0.4, 0.5) is 4.79 Å². The van der Waals surface area contributed by atoms with Crippen molar-refractivity contribution in [3.05, 3.63) is 0 Å². The Kier molecular flexibility index (Phi) is 8.35. The summed E-state index contributed by atoms with van der Waals surface area (Å²) in [4.78, 5) is 36.8. The van der Waals surface area contributed by atoms with Gasteiger partial charge in [0.25, 0.3) is 0 Å². The van der Waals surface area contributed by atoms with Gasteiger partial charge in [-0.25, -0.2) is 4.79 Å². The zero-order valence-electron chi connectivity index (χ0n) is 12.5. The lowest BCUT2D eigenvalue weighted by Gasteiger charge is -2.33. The van der Waals surface area contributed by atoms with Crippen molar-refractivity contribution in [2.45, 2.75) is 46.1 Å². The lowest BCUT2D eigenvalue weighted by atomic mass is 10.2. The quantitative estimate of drug-likeness (QED) is 0.656. The number of hydrogen-bond donors (Lipinski definition) is 2. The van der Waals surface area contributed by atoms with Crippen LogP contribution in [0.3, 0.4) is 0 Å². The molecular formula is C13H25N3O4. The summed E-state index contributed by atoms with van der Waals surface area (Å²) in [5.74, 6) is -1.89. The first-order chi connectivity index (χ1) is 9.33. The fraction of sp³-hybridized carbons (Fsp3) is 0.769. The van der Waals surface area contributed by atoms with E-state index in [1.807, 2.05) is 20.8 Å². The first-order valence-corrected chi connectivity index (χ1v) is 6.89. The second-order valence-electron chi connectivity index (χ2n) is 4.80. The van der Waals surface area contributed by atoms with Crippen LogP contribution < -0.4 is 5.73 Å². The first kappa shape index (κ1) is 18.2. The molecule has 0 aromatic rings. The summed E-state index contributed by atoms with van der Waals surface area (Å²) < 4.78 is 0. The fourth-order valence-corrected chi connectivity index (χ4v) is 1.78. The third-order valence-electron chi connectivity index (χ3n) is 3.06. The monoisotopic (exact) mass is 287 g/mol. The number of primary amides is 1. The van der Waals surface area contributed by atoms with E-state index in [4.69, 9.17) is 10.8 Å². The Morgan fingerprint density at radius 1 is 1.20 bits per heavy atom. The van der Waals surface area contributed by atoms with Gasteiger partial charge in [0.2, 0.25) is 5.91 Å². The summed E-state index contributed by atoms with van der Waals surface area (Å²) in [6, 6.07) is -0.466. The van der Waals surface area contributed by atoms with Gasteiger partial charge in [-0.05, 0) is 19.8 Å². The minimum atomic E-state index is -1.17. The summed E-state index contributed by atoms with van der Waals surface area (Å²) in [6.45, 7) is 5.49. The van der Waals surface area contributed by atoms with E-state index in [9.17, 15) is 14.4 Å². The molecule has 0 aliphatic heterocycles. The van der Waals surface area contributed by atoms with Gasteiger partial charge in [0.15, 0.2) is 0 Å². The highest BCUT2D eigenvalue weighted by molar-refractivity contribution is 5.86. The average Bonchev–Trinajstić information content (AvgIpc) is 2.36. The van der Waals surface area contributed by atoms with Crippen molar-refractivity contribution in [2.75, 3.05) is 19.6 Å². The van der Waals surface area contributed by atoms with Crippen LogP contribution in [0.5, 0.6) is 0 Å². The lowest BCUT2D eigenvalue weighted by Crippen LogP contribution is -2.51. The number of amides is 3. The molecule has 0 saturated carbocycles. The predicted octanol–water partition coefficient (Wildman–Crippen LogP) is 0.879. The van der Waals surface area contributed by atoms with E-state index in [-0.39, 0.29) is 12.6 Å². The predicted molar refractivity (Wildman–Crippen MR) is 75.2 cm³/mol. The van der Waals surface area contributed by atoms with Gasteiger partial charge >= 0.3 is 12.0 Å². The van der Waals surface area contributed by atoms with Crippen LogP contribution in [0.15, 0.2) is 0 Å². The van der Waals surface area contributed by atoms with Gasteiger partial charge in [-0.1, -0.05) is 20.3 Å². The number of carbonyl (C=O) groups excluding carboxylic acids is 2. The first-order valence-electron chi connectivity index (χ1n) is 6.89. The average molecular weight is 287 g/mol. The van der Waals surface area contributed by atoms with Crippen LogP contribution in [0.2, 0.25) is 0 Å². The number of rotatable bonds is 9. The summed E-state index contributed by atoms with van der Waals surface area (Å²) in [5.41, 5.74) is 5.07. The van der Waals surface area contributed by atoms with E-state index in [1.165, 1.54) is 0 Å². The minimum Gasteiger partial charge on any atom is -0.480 e. The maximum absolute atomic E-state index is 12.4. The van der Waals surface area contributed by atoms with Crippen LogP contribution in [0, 0.1) is 0 Å². The maximum Gasteiger partial charge on any atom is 0.323 e. The minimum absolute atomic E-state index is 0.0155. The molecule has 1 atom stereocenters. The molecule has 0 fully saturated rings. The normalized spacial score (nSPS) is 11.8. The largest absolute Gasteiger partial charge is 0.480 e. The van der Waals surface area contributed by atoms with E-state index in [2.05, 4.69) is 0 Å². The van der Waals surface area contributed by atoms with E-state index in [0.717, 1.165) is 24.2 Å². The van der Waals surface area contributed by atoms with Gasteiger partial charge in [-0.3, -0.25) is 9.59 Å². The molecule has 0 aromatic carbocycles. The van der Waals surface area contributed by atoms with E-state index >= 15 is 0 Å². The third kappa shape index (κ3) is 6.40. The number of aliphatic carboxylic acids is 1. The molecule has 1 unspecified atom stereocenters. The second-order valence-corrected chi connectivity index (χ2v) is 4.80. The molecule has 0 aliphatic carbocycles. The van der Waals surface area contributed by atoms with Crippen molar-refractivity contribution in [3.63, 3.8) is 0 Å². The molecule has 0 rings (SSSR count). The molecule has 0 aromatic heterocycles. The van der Waals surface area contributed by atoms with Gasteiger partial charge < -0.3 is 20.6 Å². The molecule has 3 N–H and O–H groups in total. The number of hydrogen-bond acceptors (Lipinski definition) is 3. The molecule has 0 bridgehead atoms. The van der Waals surface area contributed by atoms with Gasteiger partial charge in [-0.2, -0.15) is 0 Å². The summed E-state index contributed by atoms with van der Waals surface area (Å²) in [7, 11) is 0. The molecule has 3 amide bonds. The van der Waals surface area contributed by atoms with Crippen LogP contribution >= 0.6 is 0 Å². The highest BCUT2D eigenvalue weighted by atomic mass is 16.4. The number of carbonyl (C=O) groups is 3. The standard InChI is InChI=1S/C13H25N3O4/c1-4-6-7-16(10(3)5-2)13(20)15(8-11(14)17)9-12(18)19/h10H,4-9H2,1-3H3,(H2,14,17)(H,18,19). The Balaban J connectivity index is 5.00. The number of unbranched alkanes of at least 4 members (excludes halogenated alkanes) is 1. The number of carboxylic acids is 1. The molecule has 0 saturated heterocycles. The van der Waals surface area contributed by atoms with Gasteiger partial charge in [-0.15, -0.1) is 0 Å². The zero-order chi connectivity index (χ0) is 15.7. The Morgan fingerprint density at radius 2 is 1.80 bits per heavy atom. The number of nitrogens with two attached hydrogens (primary N) is 1. The Morgan fingerprint density at radius 3 is 2.20 bits per heavy atom. The van der Waals surface area contributed by atoms with Crippen molar-refractivity contribution in [2.24, 2.45) is 5.73 Å².